The summed E-state index contributed by atoms with van der Waals surface area (Å²) in [5.74, 6) is -2.55. The van der Waals surface area contributed by atoms with E-state index in [1.54, 1.807) is 31.2 Å². The van der Waals surface area contributed by atoms with Gasteiger partial charge in [0, 0.05) is 11.3 Å². The SMILES string of the molecule is CCOC(=O)C(C(=O)CCc1ccoc1)C(C[N+](=O)[O-])c1ccc2c(c1)OCO2. The number of ether oxygens (including phenoxy) is 3. The van der Waals surface area contributed by atoms with Gasteiger partial charge in [-0.15, -0.1) is 0 Å². The molecule has 1 aliphatic rings. The molecule has 154 valence electrons. The van der Waals surface area contributed by atoms with Gasteiger partial charge in [0.1, 0.15) is 11.7 Å². The smallest absolute Gasteiger partial charge is 0.317 e. The highest BCUT2D eigenvalue weighted by Gasteiger charge is 2.40. The summed E-state index contributed by atoms with van der Waals surface area (Å²) >= 11 is 0. The summed E-state index contributed by atoms with van der Waals surface area (Å²) in [5.41, 5.74) is 1.25. The van der Waals surface area contributed by atoms with Crippen LogP contribution in [0, 0.1) is 16.0 Å². The van der Waals surface area contributed by atoms with Crippen molar-refractivity contribution in [3.63, 3.8) is 0 Å². The second-order valence-corrected chi connectivity index (χ2v) is 6.56. The number of hydrogen-bond acceptors (Lipinski definition) is 8. The number of benzene rings is 1. The zero-order chi connectivity index (χ0) is 20.8. The molecule has 3 rings (SSSR count). The maximum absolute atomic E-state index is 13.0. The third-order valence-electron chi connectivity index (χ3n) is 4.70. The summed E-state index contributed by atoms with van der Waals surface area (Å²) in [6.45, 7) is 1.13. The summed E-state index contributed by atoms with van der Waals surface area (Å²) < 4.78 is 20.7. The summed E-state index contributed by atoms with van der Waals surface area (Å²) in [5, 5.41) is 11.3. The van der Waals surface area contributed by atoms with Crippen LogP contribution in [0.4, 0.5) is 0 Å². The molecule has 0 bridgehead atoms. The molecule has 2 unspecified atom stereocenters. The molecule has 2 heterocycles. The average Bonchev–Trinajstić information content (AvgIpc) is 3.36. The predicted molar refractivity (Wildman–Crippen MR) is 99.3 cm³/mol. The van der Waals surface area contributed by atoms with Gasteiger partial charge in [-0.05, 0) is 42.7 Å². The second-order valence-electron chi connectivity index (χ2n) is 6.56. The molecule has 9 nitrogen and oxygen atoms in total. The number of fused-ring (bicyclic) bond motifs is 1. The Labute approximate surface area is 166 Å². The van der Waals surface area contributed by atoms with E-state index >= 15 is 0 Å². The van der Waals surface area contributed by atoms with E-state index in [2.05, 4.69) is 0 Å². The van der Waals surface area contributed by atoms with E-state index in [0.717, 1.165) is 5.56 Å². The number of Topliss-reactive ketones (excluding diaryl/α,β-unsaturated/α-hetero) is 1. The fraction of sp³-hybridized carbons (Fsp3) is 0.400. The van der Waals surface area contributed by atoms with Crippen molar-refractivity contribution in [2.24, 2.45) is 5.92 Å². The molecule has 1 aromatic heterocycles. The highest BCUT2D eigenvalue weighted by molar-refractivity contribution is 6.00. The van der Waals surface area contributed by atoms with E-state index in [1.165, 1.54) is 12.5 Å². The van der Waals surface area contributed by atoms with E-state index in [4.69, 9.17) is 18.6 Å². The first-order chi connectivity index (χ1) is 14.0. The van der Waals surface area contributed by atoms with Crippen LogP contribution in [0.25, 0.3) is 0 Å². The van der Waals surface area contributed by atoms with Gasteiger partial charge in [-0.1, -0.05) is 6.07 Å². The predicted octanol–water partition coefficient (Wildman–Crippen LogP) is 2.75. The van der Waals surface area contributed by atoms with Gasteiger partial charge in [0.05, 0.1) is 25.1 Å². The normalized spacial score (nSPS) is 14.2. The first-order valence-electron chi connectivity index (χ1n) is 9.21. The molecule has 1 aromatic carbocycles. The lowest BCUT2D eigenvalue weighted by molar-refractivity contribution is -0.484. The molecule has 0 aliphatic carbocycles. The number of carbonyl (C=O) groups is 2. The van der Waals surface area contributed by atoms with Gasteiger partial charge in [0.2, 0.25) is 13.3 Å². The minimum atomic E-state index is -1.30. The molecule has 2 aromatic rings. The number of carbonyl (C=O) groups excluding carboxylic acids is 2. The maximum atomic E-state index is 13.0. The van der Waals surface area contributed by atoms with E-state index in [1.807, 2.05) is 0 Å². The number of rotatable bonds is 10. The number of hydrogen-bond donors (Lipinski definition) is 0. The Morgan fingerprint density at radius 1 is 1.24 bits per heavy atom. The maximum Gasteiger partial charge on any atom is 0.317 e. The number of furan rings is 1. The standard InChI is InChI=1S/C20H21NO8/c1-2-27-20(23)19(16(22)5-3-13-7-8-26-11-13)15(10-21(24)25)14-4-6-17-18(9-14)29-12-28-17/h4,6-9,11,15,19H,2-3,5,10,12H2,1H3. The monoisotopic (exact) mass is 403 g/mol. The van der Waals surface area contributed by atoms with Gasteiger partial charge >= 0.3 is 5.97 Å². The Hall–Kier alpha value is -3.36. The number of nitrogens with zero attached hydrogens (tertiary/aromatic N) is 1. The van der Waals surface area contributed by atoms with Gasteiger partial charge in [-0.25, -0.2) is 0 Å². The van der Waals surface area contributed by atoms with Crippen molar-refractivity contribution in [1.82, 2.24) is 0 Å². The third-order valence-corrected chi connectivity index (χ3v) is 4.70. The van der Waals surface area contributed by atoms with Crippen LogP contribution < -0.4 is 9.47 Å². The quantitative estimate of drug-likeness (QED) is 0.257. The molecule has 0 N–H and O–H groups in total. The van der Waals surface area contributed by atoms with Crippen molar-refractivity contribution in [2.75, 3.05) is 19.9 Å². The van der Waals surface area contributed by atoms with Crippen molar-refractivity contribution in [3.8, 4) is 11.5 Å². The highest BCUT2D eigenvalue weighted by Crippen LogP contribution is 2.37. The molecule has 0 saturated heterocycles. The van der Waals surface area contributed by atoms with Crippen LogP contribution >= 0.6 is 0 Å². The lowest BCUT2D eigenvalue weighted by atomic mass is 9.81. The molecule has 29 heavy (non-hydrogen) atoms. The van der Waals surface area contributed by atoms with Gasteiger partial charge in [0.25, 0.3) is 0 Å². The highest BCUT2D eigenvalue weighted by atomic mass is 16.7. The minimum absolute atomic E-state index is 0.0295. The number of aryl methyl sites for hydroxylation is 1. The summed E-state index contributed by atoms with van der Waals surface area (Å²) in [7, 11) is 0. The fourth-order valence-electron chi connectivity index (χ4n) is 3.32. The minimum Gasteiger partial charge on any atom is -0.472 e. The molecule has 9 heteroatoms. The molecule has 0 spiro atoms. The van der Waals surface area contributed by atoms with Crippen LogP contribution in [0.3, 0.4) is 0 Å². The fourth-order valence-corrected chi connectivity index (χ4v) is 3.32. The second kappa shape index (κ2) is 9.22. The number of ketones is 1. The topological polar surface area (TPSA) is 118 Å². The molecule has 0 amide bonds. The van der Waals surface area contributed by atoms with Gasteiger partial charge < -0.3 is 18.6 Å². The first-order valence-corrected chi connectivity index (χ1v) is 9.21. The largest absolute Gasteiger partial charge is 0.472 e. The van der Waals surface area contributed by atoms with Crippen LogP contribution in [0.1, 0.15) is 30.4 Å². The van der Waals surface area contributed by atoms with Crippen LogP contribution in [-0.4, -0.2) is 36.6 Å². The number of esters is 1. The average molecular weight is 403 g/mol. The van der Waals surface area contributed by atoms with E-state index in [-0.39, 0.29) is 19.8 Å². The van der Waals surface area contributed by atoms with Crippen molar-refractivity contribution in [3.05, 3.63) is 58.0 Å². The lowest BCUT2D eigenvalue weighted by Crippen LogP contribution is -2.35. The van der Waals surface area contributed by atoms with E-state index in [9.17, 15) is 19.7 Å². The van der Waals surface area contributed by atoms with Crippen molar-refractivity contribution < 1.29 is 33.1 Å². The summed E-state index contributed by atoms with van der Waals surface area (Å²) in [6.07, 6.45) is 3.39. The summed E-state index contributed by atoms with van der Waals surface area (Å²) in [6, 6.07) is 6.52. The number of nitro groups is 1. The van der Waals surface area contributed by atoms with Crippen molar-refractivity contribution in [1.29, 1.82) is 0 Å². The molecule has 0 radical (unpaired) electrons. The Balaban J connectivity index is 1.90. The van der Waals surface area contributed by atoms with E-state index < -0.39 is 35.1 Å². The zero-order valence-corrected chi connectivity index (χ0v) is 15.9. The van der Waals surface area contributed by atoms with Crippen molar-refractivity contribution in [2.45, 2.75) is 25.7 Å². The van der Waals surface area contributed by atoms with Crippen LogP contribution in [-0.2, 0) is 20.7 Å². The van der Waals surface area contributed by atoms with E-state index in [0.29, 0.717) is 23.5 Å². The first kappa shape index (κ1) is 20.4. The Morgan fingerprint density at radius 2 is 2.03 bits per heavy atom. The van der Waals surface area contributed by atoms with Crippen molar-refractivity contribution >= 4 is 11.8 Å². The lowest BCUT2D eigenvalue weighted by Gasteiger charge is -2.22. The van der Waals surface area contributed by atoms with Gasteiger partial charge in [0.15, 0.2) is 11.5 Å². The van der Waals surface area contributed by atoms with Crippen LogP contribution in [0.5, 0.6) is 11.5 Å². The zero-order valence-electron chi connectivity index (χ0n) is 15.9. The molecular formula is C20H21NO8. The van der Waals surface area contributed by atoms with Gasteiger partial charge in [-0.3, -0.25) is 19.7 Å². The molecule has 1 aliphatic heterocycles. The molecule has 0 saturated carbocycles. The summed E-state index contributed by atoms with van der Waals surface area (Å²) in [4.78, 5) is 36.4. The Morgan fingerprint density at radius 3 is 2.72 bits per heavy atom. The van der Waals surface area contributed by atoms with Crippen LogP contribution in [0.15, 0.2) is 41.2 Å². The van der Waals surface area contributed by atoms with Crippen LogP contribution in [0.2, 0.25) is 0 Å². The Kier molecular flexibility index (Phi) is 6.48. The molecule has 2 atom stereocenters. The molecule has 0 fully saturated rings. The molecular weight excluding hydrogens is 382 g/mol. The van der Waals surface area contributed by atoms with Gasteiger partial charge in [-0.2, -0.15) is 0 Å². The third kappa shape index (κ3) is 4.92. The Bertz CT molecular complexity index is 877.